The van der Waals surface area contributed by atoms with Gasteiger partial charge in [-0.05, 0) is 53.4 Å². The van der Waals surface area contributed by atoms with E-state index in [0.29, 0.717) is 18.3 Å². The molecular weight excluding hydrogens is 407 g/mol. The Labute approximate surface area is 170 Å². The summed E-state index contributed by atoms with van der Waals surface area (Å²) in [6, 6.07) is 10.0. The molecule has 0 unspecified atom stereocenters. The van der Waals surface area contributed by atoms with Crippen molar-refractivity contribution in [3.05, 3.63) is 64.5 Å². The van der Waals surface area contributed by atoms with Gasteiger partial charge >= 0.3 is 6.36 Å². The van der Waals surface area contributed by atoms with E-state index in [1.165, 1.54) is 23.3 Å². The summed E-state index contributed by atoms with van der Waals surface area (Å²) in [5.74, 6) is 0.848. The lowest BCUT2D eigenvalue weighted by Gasteiger charge is -2.15. The first kappa shape index (κ1) is 19.7. The van der Waals surface area contributed by atoms with E-state index >= 15 is 0 Å². The molecule has 0 fully saturated rings. The zero-order valence-electron chi connectivity index (χ0n) is 15.5. The van der Waals surface area contributed by atoms with Crippen molar-refractivity contribution in [2.45, 2.75) is 38.8 Å². The zero-order valence-corrected chi connectivity index (χ0v) is 16.2. The molecule has 29 heavy (non-hydrogen) atoms. The van der Waals surface area contributed by atoms with Crippen LogP contribution in [0, 0.1) is 6.92 Å². The number of alkyl halides is 4. The van der Waals surface area contributed by atoms with Gasteiger partial charge in [0.15, 0.2) is 5.82 Å². The van der Waals surface area contributed by atoms with Crippen molar-refractivity contribution in [1.29, 1.82) is 0 Å². The number of halogens is 4. The van der Waals surface area contributed by atoms with Crippen molar-refractivity contribution in [2.24, 2.45) is 0 Å². The SMILES string of the molecule is Cc1cc(-c2nc(CCl)no2)cc2c1CN(Cc1ccc(OC(F)(F)F)cc1)C2. The Bertz CT molecular complexity index is 1020. The number of hydrogen-bond acceptors (Lipinski definition) is 5. The van der Waals surface area contributed by atoms with Gasteiger partial charge < -0.3 is 9.26 Å². The van der Waals surface area contributed by atoms with Gasteiger partial charge in [0.2, 0.25) is 0 Å². The summed E-state index contributed by atoms with van der Waals surface area (Å²) in [6.07, 6.45) is -4.68. The highest BCUT2D eigenvalue weighted by atomic mass is 35.5. The maximum Gasteiger partial charge on any atom is 0.573 e. The topological polar surface area (TPSA) is 51.4 Å². The van der Waals surface area contributed by atoms with Crippen LogP contribution in [0.1, 0.15) is 28.1 Å². The predicted molar refractivity (Wildman–Crippen MR) is 100 cm³/mol. The molecule has 152 valence electrons. The van der Waals surface area contributed by atoms with Crippen LogP contribution in [0.25, 0.3) is 11.5 Å². The van der Waals surface area contributed by atoms with Gasteiger partial charge in [-0.1, -0.05) is 17.3 Å². The van der Waals surface area contributed by atoms with Crippen molar-refractivity contribution in [3.8, 4) is 17.2 Å². The summed E-state index contributed by atoms with van der Waals surface area (Å²) in [5, 5.41) is 3.83. The summed E-state index contributed by atoms with van der Waals surface area (Å²) < 4.78 is 46.0. The molecule has 5 nitrogen and oxygen atoms in total. The molecule has 2 aromatic carbocycles. The van der Waals surface area contributed by atoms with Gasteiger partial charge in [0.05, 0.1) is 5.88 Å². The van der Waals surface area contributed by atoms with E-state index in [-0.39, 0.29) is 11.6 Å². The lowest BCUT2D eigenvalue weighted by atomic mass is 10.0. The molecule has 9 heteroatoms. The summed E-state index contributed by atoms with van der Waals surface area (Å²) in [7, 11) is 0. The average molecular weight is 424 g/mol. The van der Waals surface area contributed by atoms with Crippen molar-refractivity contribution < 1.29 is 22.4 Å². The Hall–Kier alpha value is -2.58. The van der Waals surface area contributed by atoms with Gasteiger partial charge in [-0.2, -0.15) is 4.98 Å². The molecule has 0 aliphatic carbocycles. The van der Waals surface area contributed by atoms with E-state index < -0.39 is 6.36 Å². The summed E-state index contributed by atoms with van der Waals surface area (Å²) in [6.45, 7) is 4.14. The number of nitrogens with zero attached hydrogens (tertiary/aromatic N) is 3. The molecule has 0 saturated heterocycles. The van der Waals surface area contributed by atoms with E-state index in [9.17, 15) is 13.2 Å². The molecule has 2 heterocycles. The fourth-order valence-electron chi connectivity index (χ4n) is 3.49. The van der Waals surface area contributed by atoms with Crippen molar-refractivity contribution in [1.82, 2.24) is 15.0 Å². The first-order valence-corrected chi connectivity index (χ1v) is 9.42. The molecule has 1 aromatic heterocycles. The molecule has 0 amide bonds. The van der Waals surface area contributed by atoms with Gasteiger partial charge in [-0.15, -0.1) is 24.8 Å². The Balaban J connectivity index is 1.47. The van der Waals surface area contributed by atoms with Gasteiger partial charge in [0.25, 0.3) is 5.89 Å². The van der Waals surface area contributed by atoms with Gasteiger partial charge in [0, 0.05) is 25.2 Å². The number of fused-ring (bicyclic) bond motifs is 1. The van der Waals surface area contributed by atoms with Crippen LogP contribution in [0.2, 0.25) is 0 Å². The zero-order chi connectivity index (χ0) is 20.6. The van der Waals surface area contributed by atoms with Gasteiger partial charge in [0.1, 0.15) is 5.75 Å². The van der Waals surface area contributed by atoms with E-state index in [1.54, 1.807) is 12.1 Å². The fraction of sp³-hybridized carbons (Fsp3) is 0.300. The lowest BCUT2D eigenvalue weighted by Crippen LogP contribution is -2.17. The number of ether oxygens (including phenoxy) is 1. The standard InChI is InChI=1S/C20H17ClF3N3O2/c1-12-6-14(19-25-18(8-21)26-29-19)7-15-10-27(11-17(12)15)9-13-2-4-16(5-3-13)28-20(22,23)24/h2-7H,8-11H2,1H3. The molecule has 4 rings (SSSR count). The predicted octanol–water partition coefficient (Wildman–Crippen LogP) is 5.20. The minimum Gasteiger partial charge on any atom is -0.406 e. The molecule has 0 bridgehead atoms. The number of aryl methyl sites for hydroxylation is 1. The van der Waals surface area contributed by atoms with Crippen molar-refractivity contribution in [3.63, 3.8) is 0 Å². The quantitative estimate of drug-likeness (QED) is 0.528. The Kier molecular flexibility index (Phi) is 5.23. The van der Waals surface area contributed by atoms with Crippen LogP contribution in [0.4, 0.5) is 13.2 Å². The number of hydrogen-bond donors (Lipinski definition) is 0. The summed E-state index contributed by atoms with van der Waals surface area (Å²) in [4.78, 5) is 6.49. The second-order valence-electron chi connectivity index (χ2n) is 6.92. The first-order chi connectivity index (χ1) is 13.8. The molecule has 0 spiro atoms. The largest absolute Gasteiger partial charge is 0.573 e. The van der Waals surface area contributed by atoms with E-state index in [4.69, 9.17) is 16.1 Å². The third-order valence-electron chi connectivity index (χ3n) is 4.74. The second-order valence-corrected chi connectivity index (χ2v) is 7.18. The molecule has 1 aliphatic heterocycles. The molecule has 0 radical (unpaired) electrons. The normalized spacial score (nSPS) is 14.2. The highest BCUT2D eigenvalue weighted by molar-refractivity contribution is 6.16. The van der Waals surface area contributed by atoms with Crippen molar-refractivity contribution >= 4 is 11.6 Å². The molecule has 1 aliphatic rings. The molecule has 3 aromatic rings. The van der Waals surface area contributed by atoms with Crippen LogP contribution in [-0.4, -0.2) is 21.4 Å². The first-order valence-electron chi connectivity index (χ1n) is 8.89. The van der Waals surface area contributed by atoms with Crippen LogP contribution in [0.3, 0.4) is 0 Å². The van der Waals surface area contributed by atoms with Gasteiger partial charge in [-0.25, -0.2) is 0 Å². The third-order valence-corrected chi connectivity index (χ3v) is 4.98. The maximum atomic E-state index is 12.3. The third kappa shape index (κ3) is 4.54. The number of benzene rings is 2. The van der Waals surface area contributed by atoms with Crippen LogP contribution in [0.15, 0.2) is 40.9 Å². The van der Waals surface area contributed by atoms with E-state index in [1.807, 2.05) is 19.1 Å². The Morgan fingerprint density at radius 1 is 1.17 bits per heavy atom. The van der Waals surface area contributed by atoms with E-state index in [2.05, 4.69) is 19.8 Å². The van der Waals surface area contributed by atoms with Crippen LogP contribution >= 0.6 is 11.6 Å². The number of rotatable bonds is 5. The Morgan fingerprint density at radius 2 is 1.93 bits per heavy atom. The van der Waals surface area contributed by atoms with E-state index in [0.717, 1.165) is 29.8 Å². The fourth-order valence-corrected chi connectivity index (χ4v) is 3.60. The minimum absolute atomic E-state index is 0.188. The van der Waals surface area contributed by atoms with Crippen molar-refractivity contribution in [2.75, 3.05) is 0 Å². The Morgan fingerprint density at radius 3 is 2.59 bits per heavy atom. The second kappa shape index (κ2) is 7.68. The minimum atomic E-state index is -4.68. The van der Waals surface area contributed by atoms with Crippen LogP contribution < -0.4 is 4.74 Å². The smallest absolute Gasteiger partial charge is 0.406 e. The highest BCUT2D eigenvalue weighted by Crippen LogP contribution is 2.32. The number of aromatic nitrogens is 2. The van der Waals surface area contributed by atoms with Crippen LogP contribution in [-0.2, 0) is 25.5 Å². The maximum absolute atomic E-state index is 12.3. The van der Waals surface area contributed by atoms with Crippen LogP contribution in [0.5, 0.6) is 5.75 Å². The monoisotopic (exact) mass is 423 g/mol. The lowest BCUT2D eigenvalue weighted by molar-refractivity contribution is -0.274. The molecular formula is C20H17ClF3N3O2. The molecule has 0 saturated carbocycles. The molecule has 0 N–H and O–H groups in total. The summed E-state index contributed by atoms with van der Waals surface area (Å²) >= 11 is 5.73. The molecule has 0 atom stereocenters. The highest BCUT2D eigenvalue weighted by Gasteiger charge is 2.31. The van der Waals surface area contributed by atoms with Gasteiger partial charge in [-0.3, -0.25) is 4.90 Å². The summed E-state index contributed by atoms with van der Waals surface area (Å²) in [5.41, 5.74) is 5.29. The average Bonchev–Trinajstić information content (AvgIpc) is 3.29.